The third-order valence-corrected chi connectivity index (χ3v) is 2.46. The molecular formula is C10H20N4. The second-order valence-electron chi connectivity index (χ2n) is 3.47. The normalized spacial score (nSPS) is 22.6. The summed E-state index contributed by atoms with van der Waals surface area (Å²) in [6.45, 7) is 6.34. The minimum Gasteiger partial charge on any atom is -0.316 e. The molecule has 4 heteroatoms. The highest BCUT2D eigenvalue weighted by atomic mass is 15.3. The molecule has 0 aromatic carbocycles. The fourth-order valence-electron chi connectivity index (χ4n) is 1.78. The van der Waals surface area contributed by atoms with Crippen LogP contribution in [0.15, 0.2) is 12.7 Å². The first-order valence-corrected chi connectivity index (χ1v) is 5.39. The maximum absolute atomic E-state index is 3.82. The topological polar surface area (TPSA) is 34.0 Å². The van der Waals surface area contributed by atoms with Crippen LogP contribution in [-0.4, -0.2) is 39.8 Å². The molecule has 80 valence electrons. The summed E-state index contributed by atoms with van der Waals surface area (Å²) in [7, 11) is 2.16. The quantitative estimate of drug-likeness (QED) is 0.683. The zero-order valence-electron chi connectivity index (χ0n) is 9.35. The summed E-state index contributed by atoms with van der Waals surface area (Å²) in [6.07, 6.45) is 6.15. The van der Waals surface area contributed by atoms with Crippen molar-refractivity contribution in [1.29, 1.82) is 0 Å². The number of hydrogen-bond donors (Lipinski definition) is 0. The van der Waals surface area contributed by atoms with Crippen LogP contribution in [-0.2, 0) is 0 Å². The van der Waals surface area contributed by atoms with Crippen molar-refractivity contribution in [2.24, 2.45) is 0 Å². The first-order chi connectivity index (χ1) is 6.86. The molecule has 0 amide bonds. The van der Waals surface area contributed by atoms with E-state index >= 15 is 0 Å². The Balaban J connectivity index is 0.000000461. The molecular weight excluding hydrogens is 176 g/mol. The van der Waals surface area contributed by atoms with Gasteiger partial charge in [-0.05, 0) is 26.4 Å². The molecule has 4 nitrogen and oxygen atoms in total. The molecule has 1 aliphatic rings. The van der Waals surface area contributed by atoms with Crippen LogP contribution in [0.4, 0.5) is 0 Å². The van der Waals surface area contributed by atoms with E-state index in [1.54, 1.807) is 0 Å². The van der Waals surface area contributed by atoms with E-state index < -0.39 is 0 Å². The number of likely N-dealkylation sites (tertiary alicyclic amines) is 1. The minimum absolute atomic E-state index is 0.582. The number of nitrogens with zero attached hydrogens (tertiary/aromatic N) is 4. The van der Waals surface area contributed by atoms with E-state index in [0.29, 0.717) is 6.04 Å². The van der Waals surface area contributed by atoms with Gasteiger partial charge in [0.2, 0.25) is 0 Å². The number of rotatable bonds is 1. The number of likely N-dealkylation sites (N-methyl/N-ethyl adjacent to an activating group) is 1. The Hall–Kier alpha value is -0.900. The lowest BCUT2D eigenvalue weighted by molar-refractivity contribution is 0.212. The summed E-state index contributed by atoms with van der Waals surface area (Å²) in [5, 5.41) is 7.63. The summed E-state index contributed by atoms with van der Waals surface area (Å²) in [5.41, 5.74) is 0. The Labute approximate surface area is 85.9 Å². The molecule has 1 aromatic rings. The Morgan fingerprint density at radius 1 is 1.21 bits per heavy atom. The van der Waals surface area contributed by atoms with Crippen LogP contribution >= 0.6 is 0 Å². The van der Waals surface area contributed by atoms with E-state index in [0.717, 1.165) is 6.54 Å². The molecule has 0 spiro atoms. The van der Waals surface area contributed by atoms with Crippen LogP contribution < -0.4 is 0 Å². The highest BCUT2D eigenvalue weighted by molar-refractivity contribution is 4.78. The van der Waals surface area contributed by atoms with Gasteiger partial charge in [-0.2, -0.15) is 0 Å². The van der Waals surface area contributed by atoms with Crippen molar-refractivity contribution in [3.05, 3.63) is 12.7 Å². The van der Waals surface area contributed by atoms with Gasteiger partial charge in [-0.25, -0.2) is 0 Å². The van der Waals surface area contributed by atoms with Gasteiger partial charge in [-0.3, -0.25) is 0 Å². The minimum atomic E-state index is 0.582. The van der Waals surface area contributed by atoms with Crippen molar-refractivity contribution in [2.75, 3.05) is 20.1 Å². The maximum atomic E-state index is 3.82. The van der Waals surface area contributed by atoms with Gasteiger partial charge in [0.15, 0.2) is 0 Å². The van der Waals surface area contributed by atoms with E-state index in [1.807, 2.05) is 26.5 Å². The summed E-state index contributed by atoms with van der Waals surface area (Å²) in [6, 6.07) is 0.582. The van der Waals surface area contributed by atoms with Gasteiger partial charge in [0.1, 0.15) is 12.7 Å². The van der Waals surface area contributed by atoms with Crippen LogP contribution in [0, 0.1) is 0 Å². The summed E-state index contributed by atoms with van der Waals surface area (Å²) < 4.78 is 2.11. The summed E-state index contributed by atoms with van der Waals surface area (Å²) in [5.74, 6) is 0. The fourth-order valence-corrected chi connectivity index (χ4v) is 1.78. The second-order valence-corrected chi connectivity index (χ2v) is 3.47. The van der Waals surface area contributed by atoms with Crippen molar-refractivity contribution < 1.29 is 0 Å². The molecule has 1 atom stereocenters. The fraction of sp³-hybridized carbons (Fsp3) is 0.800. The van der Waals surface area contributed by atoms with Crippen molar-refractivity contribution >= 4 is 0 Å². The van der Waals surface area contributed by atoms with Gasteiger partial charge in [-0.15, -0.1) is 10.2 Å². The van der Waals surface area contributed by atoms with Gasteiger partial charge < -0.3 is 9.47 Å². The van der Waals surface area contributed by atoms with Crippen molar-refractivity contribution in [1.82, 2.24) is 19.7 Å². The molecule has 1 aromatic heterocycles. The molecule has 1 fully saturated rings. The average Bonchev–Trinajstić information content (AvgIpc) is 2.74. The van der Waals surface area contributed by atoms with E-state index in [1.165, 1.54) is 19.4 Å². The van der Waals surface area contributed by atoms with Crippen LogP contribution in [0.25, 0.3) is 0 Å². The van der Waals surface area contributed by atoms with E-state index in [-0.39, 0.29) is 0 Å². The molecule has 0 aliphatic carbocycles. The second kappa shape index (κ2) is 5.75. The number of aromatic nitrogens is 3. The Morgan fingerprint density at radius 2 is 1.86 bits per heavy atom. The lowest BCUT2D eigenvalue weighted by Gasteiger charge is -2.29. The number of piperidine rings is 1. The molecule has 1 aliphatic heterocycles. The third-order valence-electron chi connectivity index (χ3n) is 2.46. The molecule has 2 heterocycles. The third kappa shape index (κ3) is 2.80. The van der Waals surface area contributed by atoms with Crippen LogP contribution in [0.3, 0.4) is 0 Å². The lowest BCUT2D eigenvalue weighted by atomic mass is 10.1. The van der Waals surface area contributed by atoms with Gasteiger partial charge in [0.25, 0.3) is 0 Å². The van der Waals surface area contributed by atoms with E-state index in [4.69, 9.17) is 0 Å². The SMILES string of the molecule is CC.CN1CCCC(n2cnnc2)C1. The number of hydrogen-bond acceptors (Lipinski definition) is 3. The Bertz CT molecular complexity index is 232. The van der Waals surface area contributed by atoms with Gasteiger partial charge in [-0.1, -0.05) is 13.8 Å². The summed E-state index contributed by atoms with van der Waals surface area (Å²) in [4.78, 5) is 2.36. The largest absolute Gasteiger partial charge is 0.316 e. The predicted molar refractivity (Wildman–Crippen MR) is 57.1 cm³/mol. The molecule has 1 unspecified atom stereocenters. The van der Waals surface area contributed by atoms with Crippen molar-refractivity contribution in [3.63, 3.8) is 0 Å². The molecule has 0 N–H and O–H groups in total. The first-order valence-electron chi connectivity index (χ1n) is 5.39. The predicted octanol–water partition coefficient (Wildman–Crippen LogP) is 1.57. The van der Waals surface area contributed by atoms with Gasteiger partial charge >= 0.3 is 0 Å². The molecule has 1 saturated heterocycles. The Morgan fingerprint density at radius 3 is 2.43 bits per heavy atom. The van der Waals surface area contributed by atoms with Crippen molar-refractivity contribution in [3.8, 4) is 0 Å². The molecule has 0 bridgehead atoms. The molecule has 14 heavy (non-hydrogen) atoms. The standard InChI is InChI=1S/C8H14N4.C2H6/c1-11-4-2-3-8(5-11)12-6-9-10-7-12;1-2/h6-8H,2-5H2,1H3;1-2H3. The highest BCUT2D eigenvalue weighted by Gasteiger charge is 2.17. The van der Waals surface area contributed by atoms with Gasteiger partial charge in [0, 0.05) is 12.6 Å². The smallest absolute Gasteiger partial charge is 0.119 e. The zero-order chi connectivity index (χ0) is 10.4. The van der Waals surface area contributed by atoms with E-state index in [2.05, 4.69) is 26.7 Å². The van der Waals surface area contributed by atoms with Crippen LogP contribution in [0.5, 0.6) is 0 Å². The Kier molecular flexibility index (Phi) is 4.59. The lowest BCUT2D eigenvalue weighted by Crippen LogP contribution is -2.33. The monoisotopic (exact) mass is 196 g/mol. The first kappa shape index (κ1) is 11.2. The van der Waals surface area contributed by atoms with Crippen molar-refractivity contribution in [2.45, 2.75) is 32.7 Å². The summed E-state index contributed by atoms with van der Waals surface area (Å²) >= 11 is 0. The molecule has 0 saturated carbocycles. The highest BCUT2D eigenvalue weighted by Crippen LogP contribution is 2.18. The van der Waals surface area contributed by atoms with Gasteiger partial charge in [0.05, 0.1) is 0 Å². The van der Waals surface area contributed by atoms with Crippen LogP contribution in [0.1, 0.15) is 32.7 Å². The average molecular weight is 196 g/mol. The molecule has 0 radical (unpaired) electrons. The zero-order valence-corrected chi connectivity index (χ0v) is 9.35. The van der Waals surface area contributed by atoms with Crippen LogP contribution in [0.2, 0.25) is 0 Å². The molecule has 2 rings (SSSR count). The maximum Gasteiger partial charge on any atom is 0.119 e. The van der Waals surface area contributed by atoms with E-state index in [9.17, 15) is 0 Å².